The van der Waals surface area contributed by atoms with Crippen molar-refractivity contribution in [2.75, 3.05) is 25.7 Å². The Morgan fingerprint density at radius 3 is 2.68 bits per heavy atom. The fourth-order valence-electron chi connectivity index (χ4n) is 4.09. The number of benzene rings is 2. The van der Waals surface area contributed by atoms with Gasteiger partial charge in [-0.25, -0.2) is 9.97 Å². The molecule has 5 rings (SSSR count). The van der Waals surface area contributed by atoms with Crippen LogP contribution in [-0.2, 0) is 0 Å². The highest BCUT2D eigenvalue weighted by molar-refractivity contribution is 6.31. The highest BCUT2D eigenvalue weighted by Crippen LogP contribution is 2.39. The van der Waals surface area contributed by atoms with Crippen LogP contribution in [0.1, 0.15) is 24.7 Å². The van der Waals surface area contributed by atoms with Gasteiger partial charge in [-0.2, -0.15) is 5.10 Å². The van der Waals surface area contributed by atoms with Crippen LogP contribution in [0.15, 0.2) is 42.6 Å². The Labute approximate surface area is 184 Å². The average Bonchev–Trinajstić information content (AvgIpc) is 3.45. The van der Waals surface area contributed by atoms with Crippen molar-refractivity contribution in [2.45, 2.75) is 18.9 Å². The quantitative estimate of drug-likeness (QED) is 0.495. The van der Waals surface area contributed by atoms with Crippen LogP contribution < -0.4 is 14.4 Å². The number of hydrogen-bond donors (Lipinski definition) is 1. The minimum Gasteiger partial charge on any atom is -0.496 e. The molecule has 0 radical (unpaired) electrons. The number of methoxy groups -OCH3 is 2. The first-order valence-corrected chi connectivity index (χ1v) is 10.4. The number of aromatic amines is 1. The molecule has 2 aromatic heterocycles. The van der Waals surface area contributed by atoms with Gasteiger partial charge in [-0.15, -0.1) is 5.10 Å². The van der Waals surface area contributed by atoms with Gasteiger partial charge in [-0.05, 0) is 43.2 Å². The van der Waals surface area contributed by atoms with Crippen LogP contribution in [0.3, 0.4) is 0 Å². The predicted molar refractivity (Wildman–Crippen MR) is 119 cm³/mol. The van der Waals surface area contributed by atoms with Crippen LogP contribution in [-0.4, -0.2) is 45.9 Å². The number of H-pyrrole nitrogens is 1. The zero-order valence-electron chi connectivity index (χ0n) is 17.2. The predicted octanol–water partition coefficient (Wildman–Crippen LogP) is 4.43. The first kappa shape index (κ1) is 19.6. The maximum absolute atomic E-state index is 6.13. The molecule has 3 heterocycles. The Morgan fingerprint density at radius 2 is 1.90 bits per heavy atom. The van der Waals surface area contributed by atoms with Gasteiger partial charge in [0, 0.05) is 11.6 Å². The number of nitrogens with one attached hydrogen (secondary N) is 1. The maximum atomic E-state index is 6.13. The molecule has 1 saturated heterocycles. The summed E-state index contributed by atoms with van der Waals surface area (Å²) >= 11 is 6.13. The summed E-state index contributed by atoms with van der Waals surface area (Å²) < 4.78 is 11.1. The van der Waals surface area contributed by atoms with E-state index in [1.807, 2.05) is 36.4 Å². The van der Waals surface area contributed by atoms with Crippen molar-refractivity contribution in [3.63, 3.8) is 0 Å². The number of anilines is 1. The maximum Gasteiger partial charge on any atom is 0.246 e. The number of halogens is 1. The molecule has 0 amide bonds. The fraction of sp³-hybridized carbons (Fsp3) is 0.273. The van der Waals surface area contributed by atoms with Gasteiger partial charge in [0.2, 0.25) is 5.95 Å². The monoisotopic (exact) mass is 436 g/mol. The molecule has 0 spiro atoms. The van der Waals surface area contributed by atoms with Crippen LogP contribution in [0.5, 0.6) is 11.5 Å². The molecule has 2 aromatic carbocycles. The van der Waals surface area contributed by atoms with Crippen LogP contribution in [0.25, 0.3) is 22.3 Å². The van der Waals surface area contributed by atoms with E-state index in [9.17, 15) is 0 Å². The van der Waals surface area contributed by atoms with Crippen LogP contribution in [0, 0.1) is 0 Å². The van der Waals surface area contributed by atoms with E-state index < -0.39 is 0 Å². The van der Waals surface area contributed by atoms with Gasteiger partial charge < -0.3 is 19.4 Å². The van der Waals surface area contributed by atoms with Crippen LogP contribution in [0.4, 0.5) is 5.95 Å². The van der Waals surface area contributed by atoms with Gasteiger partial charge in [-0.1, -0.05) is 17.7 Å². The van der Waals surface area contributed by atoms with Gasteiger partial charge in [0.25, 0.3) is 0 Å². The summed E-state index contributed by atoms with van der Waals surface area (Å²) in [5.41, 5.74) is 3.19. The average molecular weight is 437 g/mol. The lowest BCUT2D eigenvalue weighted by Gasteiger charge is -2.23. The number of ether oxygens (including phenoxy) is 2. The number of imidazole rings is 1. The van der Waals surface area contributed by atoms with E-state index in [1.165, 1.54) is 0 Å². The van der Waals surface area contributed by atoms with Crippen molar-refractivity contribution in [1.82, 2.24) is 25.1 Å². The summed E-state index contributed by atoms with van der Waals surface area (Å²) in [6.07, 6.45) is 3.57. The molecule has 0 aliphatic carbocycles. The lowest BCUT2D eigenvalue weighted by molar-refractivity contribution is 0.397. The van der Waals surface area contributed by atoms with E-state index in [0.29, 0.717) is 28.2 Å². The SMILES string of the molecule is COc1cccc(OC)c1-c1cnnc(N2CCC[C@H]2c2nc3ccc(Cl)cc3[nH]2)n1. The van der Waals surface area contributed by atoms with Crippen molar-refractivity contribution in [2.24, 2.45) is 0 Å². The van der Waals surface area contributed by atoms with Crippen LogP contribution >= 0.6 is 11.6 Å². The molecule has 0 unspecified atom stereocenters. The van der Waals surface area contributed by atoms with Crippen molar-refractivity contribution in [3.8, 4) is 22.8 Å². The molecule has 8 nitrogen and oxygen atoms in total. The largest absolute Gasteiger partial charge is 0.496 e. The van der Waals surface area contributed by atoms with E-state index >= 15 is 0 Å². The third kappa shape index (κ3) is 3.53. The second kappa shape index (κ2) is 8.03. The molecular formula is C22H21ClN6O2. The van der Waals surface area contributed by atoms with Crippen LogP contribution in [0.2, 0.25) is 5.02 Å². The Hall–Kier alpha value is -3.39. The first-order chi connectivity index (χ1) is 15.2. The first-order valence-electron chi connectivity index (χ1n) is 10.0. The molecule has 0 saturated carbocycles. The highest BCUT2D eigenvalue weighted by atomic mass is 35.5. The van der Waals surface area contributed by atoms with Crippen molar-refractivity contribution < 1.29 is 9.47 Å². The van der Waals surface area contributed by atoms with Gasteiger partial charge >= 0.3 is 0 Å². The van der Waals surface area contributed by atoms with Gasteiger partial charge in [0.15, 0.2) is 0 Å². The second-order valence-corrected chi connectivity index (χ2v) is 7.75. The Balaban J connectivity index is 1.53. The van der Waals surface area contributed by atoms with E-state index in [1.54, 1.807) is 20.4 Å². The number of nitrogens with zero attached hydrogens (tertiary/aromatic N) is 5. The Bertz CT molecular complexity index is 1220. The number of fused-ring (bicyclic) bond motifs is 1. The minimum atomic E-state index is 0.0304. The van der Waals surface area contributed by atoms with Gasteiger partial charge in [0.1, 0.15) is 23.0 Å². The van der Waals surface area contributed by atoms with E-state index in [4.69, 9.17) is 31.0 Å². The number of hydrogen-bond acceptors (Lipinski definition) is 7. The molecule has 1 atom stereocenters. The summed E-state index contributed by atoms with van der Waals surface area (Å²) in [6, 6.07) is 11.3. The third-order valence-electron chi connectivity index (χ3n) is 5.52. The standard InChI is InChI=1S/C22H21ClN6O2/c1-30-18-6-3-7-19(31-2)20(18)16-12-24-28-22(27-16)29-10-4-5-17(29)21-25-14-9-8-13(23)11-15(14)26-21/h3,6-9,11-12,17H,4-5,10H2,1-2H3,(H,25,26)/t17-/m0/s1. The van der Waals surface area contributed by atoms with Crippen molar-refractivity contribution in [1.29, 1.82) is 0 Å². The van der Waals surface area contributed by atoms with Gasteiger partial charge in [0.05, 0.1) is 43.1 Å². The van der Waals surface area contributed by atoms with E-state index in [0.717, 1.165) is 41.8 Å². The molecule has 9 heteroatoms. The fourth-order valence-corrected chi connectivity index (χ4v) is 4.26. The summed E-state index contributed by atoms with van der Waals surface area (Å²) in [6.45, 7) is 0.816. The summed E-state index contributed by atoms with van der Waals surface area (Å²) in [5.74, 6) is 2.75. The van der Waals surface area contributed by atoms with Gasteiger partial charge in [-0.3, -0.25) is 0 Å². The van der Waals surface area contributed by atoms with E-state index in [2.05, 4.69) is 20.1 Å². The molecular weight excluding hydrogens is 416 g/mol. The zero-order valence-corrected chi connectivity index (χ0v) is 17.9. The summed E-state index contributed by atoms with van der Waals surface area (Å²) in [5, 5.41) is 9.23. The highest BCUT2D eigenvalue weighted by Gasteiger charge is 2.31. The Morgan fingerprint density at radius 1 is 1.10 bits per heavy atom. The minimum absolute atomic E-state index is 0.0304. The molecule has 158 valence electrons. The Kier molecular flexibility index (Phi) is 5.07. The number of aromatic nitrogens is 5. The summed E-state index contributed by atoms with van der Waals surface area (Å²) in [4.78, 5) is 15.1. The zero-order chi connectivity index (χ0) is 21.4. The molecule has 1 fully saturated rings. The van der Waals surface area contributed by atoms with Crippen molar-refractivity contribution in [3.05, 3.63) is 53.4 Å². The molecule has 4 aromatic rings. The molecule has 1 N–H and O–H groups in total. The topological polar surface area (TPSA) is 89.0 Å². The smallest absolute Gasteiger partial charge is 0.246 e. The second-order valence-electron chi connectivity index (χ2n) is 7.31. The van der Waals surface area contributed by atoms with E-state index in [-0.39, 0.29) is 6.04 Å². The summed E-state index contributed by atoms with van der Waals surface area (Å²) in [7, 11) is 3.25. The number of rotatable bonds is 5. The lowest BCUT2D eigenvalue weighted by atomic mass is 10.1. The third-order valence-corrected chi connectivity index (χ3v) is 5.75. The molecule has 0 bridgehead atoms. The lowest BCUT2D eigenvalue weighted by Crippen LogP contribution is -2.26. The molecule has 1 aliphatic heterocycles. The molecule has 1 aliphatic rings. The van der Waals surface area contributed by atoms with Crippen molar-refractivity contribution >= 4 is 28.6 Å². The normalized spacial score (nSPS) is 16.1. The molecule has 31 heavy (non-hydrogen) atoms.